The van der Waals surface area contributed by atoms with Crippen LogP contribution in [0.25, 0.3) is 0 Å². The number of hydrogen-bond donors (Lipinski definition) is 2. The summed E-state index contributed by atoms with van der Waals surface area (Å²) < 4.78 is 0. The van der Waals surface area contributed by atoms with Crippen molar-refractivity contribution < 1.29 is 14.5 Å². The summed E-state index contributed by atoms with van der Waals surface area (Å²) in [6, 6.07) is 22.0. The molecule has 0 aliphatic carbocycles. The van der Waals surface area contributed by atoms with Gasteiger partial charge in [0.15, 0.2) is 0 Å². The van der Waals surface area contributed by atoms with Gasteiger partial charge in [0.25, 0.3) is 17.5 Å². The number of non-ortho nitro benzene ring substituents is 1. The van der Waals surface area contributed by atoms with Gasteiger partial charge in [0, 0.05) is 48.0 Å². The van der Waals surface area contributed by atoms with E-state index in [1.807, 2.05) is 54.6 Å². The van der Waals surface area contributed by atoms with E-state index < -0.39 is 22.8 Å². The Labute approximate surface area is 226 Å². The molecule has 0 unspecified atom stereocenters. The lowest BCUT2D eigenvalue weighted by atomic mass is 10.2. The van der Waals surface area contributed by atoms with E-state index in [0.717, 1.165) is 29.9 Å². The molecule has 0 saturated heterocycles. The first-order chi connectivity index (χ1) is 18.4. The number of hydrogen-bond acceptors (Lipinski definition) is 7. The van der Waals surface area contributed by atoms with E-state index in [1.165, 1.54) is 36.0 Å². The lowest BCUT2D eigenvalue weighted by molar-refractivity contribution is -0.384. The predicted octanol–water partition coefficient (Wildman–Crippen LogP) is 4.62. The van der Waals surface area contributed by atoms with Gasteiger partial charge in [0.1, 0.15) is 6.04 Å². The number of thioether (sulfide) groups is 1. The van der Waals surface area contributed by atoms with Crippen LogP contribution in [0.3, 0.4) is 0 Å². The number of amides is 2. The largest absolute Gasteiger partial charge is 0.372 e. The van der Waals surface area contributed by atoms with E-state index in [0.29, 0.717) is 11.5 Å². The van der Waals surface area contributed by atoms with E-state index in [2.05, 4.69) is 34.6 Å². The van der Waals surface area contributed by atoms with Crippen molar-refractivity contribution in [3.63, 3.8) is 0 Å². The smallest absolute Gasteiger partial charge is 0.269 e. The van der Waals surface area contributed by atoms with E-state index >= 15 is 0 Å². The number of nitrogens with one attached hydrogen (secondary N) is 2. The number of carbonyl (C=O) groups is 2. The molecule has 0 saturated carbocycles. The minimum absolute atomic E-state index is 0.117. The third-order valence-corrected chi connectivity index (χ3v) is 6.87. The number of hydrazone groups is 1. The standard InChI is InChI=1S/C28H31N5O4S/c1-3-32(4-2)24-14-10-21(11-15-24)18-29-31-28(35)26(20-38-19-22-8-6-5-7-9-22)30-27(34)23-12-16-25(17-13-23)33(36)37/h5-18,26H,3-4,19-20H2,1-2H3,(H,30,34)(H,31,35)/b29-18-/t26-/m0/s1. The molecule has 0 aliphatic heterocycles. The molecular formula is C28H31N5O4S. The fourth-order valence-electron chi connectivity index (χ4n) is 3.64. The molecule has 3 rings (SSSR count). The van der Waals surface area contributed by atoms with Crippen LogP contribution >= 0.6 is 11.8 Å². The first-order valence-electron chi connectivity index (χ1n) is 12.3. The second kappa shape index (κ2) is 14.5. The Morgan fingerprint density at radius 2 is 1.66 bits per heavy atom. The summed E-state index contributed by atoms with van der Waals surface area (Å²) >= 11 is 1.50. The maximum absolute atomic E-state index is 13.0. The molecule has 0 spiro atoms. The highest BCUT2D eigenvalue weighted by Crippen LogP contribution is 2.16. The zero-order valence-corrected chi connectivity index (χ0v) is 22.2. The third-order valence-electron chi connectivity index (χ3n) is 5.77. The highest BCUT2D eigenvalue weighted by molar-refractivity contribution is 7.98. The minimum atomic E-state index is -0.867. The summed E-state index contributed by atoms with van der Waals surface area (Å²) in [5.41, 5.74) is 5.67. The molecule has 9 nitrogen and oxygen atoms in total. The Morgan fingerprint density at radius 1 is 1.00 bits per heavy atom. The summed E-state index contributed by atoms with van der Waals surface area (Å²) in [7, 11) is 0. The maximum atomic E-state index is 13.0. The summed E-state index contributed by atoms with van der Waals surface area (Å²) in [6.07, 6.45) is 1.55. The minimum Gasteiger partial charge on any atom is -0.372 e. The average molecular weight is 534 g/mol. The first kappa shape index (κ1) is 28.4. The second-order valence-corrected chi connectivity index (χ2v) is 9.36. The summed E-state index contributed by atoms with van der Waals surface area (Å²) in [4.78, 5) is 38.3. The predicted molar refractivity (Wildman–Crippen MR) is 153 cm³/mol. The molecule has 2 amide bonds. The Kier molecular flexibility index (Phi) is 10.9. The molecule has 0 aromatic heterocycles. The molecule has 38 heavy (non-hydrogen) atoms. The van der Waals surface area contributed by atoms with Gasteiger partial charge in [0.2, 0.25) is 0 Å². The number of benzene rings is 3. The molecule has 0 aliphatic rings. The van der Waals surface area contributed by atoms with Crippen LogP contribution in [0.5, 0.6) is 0 Å². The van der Waals surface area contributed by atoms with E-state index in [9.17, 15) is 19.7 Å². The summed E-state index contributed by atoms with van der Waals surface area (Å²) in [6.45, 7) is 6.03. The van der Waals surface area contributed by atoms with E-state index in [1.54, 1.807) is 6.21 Å². The number of carbonyl (C=O) groups excluding carboxylic acids is 2. The van der Waals surface area contributed by atoms with Crippen molar-refractivity contribution in [1.82, 2.24) is 10.7 Å². The van der Waals surface area contributed by atoms with Crippen molar-refractivity contribution >= 4 is 41.2 Å². The molecule has 10 heteroatoms. The lowest BCUT2D eigenvalue weighted by Gasteiger charge is -2.20. The highest BCUT2D eigenvalue weighted by atomic mass is 32.2. The van der Waals surface area contributed by atoms with Crippen molar-refractivity contribution in [3.8, 4) is 0 Å². The van der Waals surface area contributed by atoms with Gasteiger partial charge in [-0.3, -0.25) is 19.7 Å². The fourth-order valence-corrected chi connectivity index (χ4v) is 4.65. The maximum Gasteiger partial charge on any atom is 0.269 e. The Hall–Kier alpha value is -4.18. The third kappa shape index (κ3) is 8.45. The SMILES string of the molecule is CCN(CC)c1ccc(/C=N\NC(=O)[C@H](CSCc2ccccc2)NC(=O)c2ccc([N+](=O)[O-])cc2)cc1. The van der Waals surface area contributed by atoms with Gasteiger partial charge in [-0.25, -0.2) is 5.43 Å². The monoisotopic (exact) mass is 533 g/mol. The topological polar surface area (TPSA) is 117 Å². The van der Waals surface area contributed by atoms with E-state index in [4.69, 9.17) is 0 Å². The van der Waals surface area contributed by atoms with Crippen LogP contribution in [-0.2, 0) is 10.5 Å². The zero-order valence-electron chi connectivity index (χ0n) is 21.4. The first-order valence-corrected chi connectivity index (χ1v) is 13.4. The molecule has 0 heterocycles. The lowest BCUT2D eigenvalue weighted by Crippen LogP contribution is -2.47. The van der Waals surface area contributed by atoms with Crippen LogP contribution in [0.1, 0.15) is 35.3 Å². The van der Waals surface area contributed by atoms with Gasteiger partial charge in [-0.05, 0) is 49.2 Å². The van der Waals surface area contributed by atoms with Crippen LogP contribution < -0.4 is 15.6 Å². The number of nitrogens with zero attached hydrogens (tertiary/aromatic N) is 3. The van der Waals surface area contributed by atoms with Crippen LogP contribution in [0.4, 0.5) is 11.4 Å². The number of nitro benzene ring substituents is 1. The van der Waals surface area contributed by atoms with Gasteiger partial charge >= 0.3 is 0 Å². The van der Waals surface area contributed by atoms with Crippen molar-refractivity contribution in [2.45, 2.75) is 25.6 Å². The van der Waals surface area contributed by atoms with E-state index in [-0.39, 0.29) is 11.3 Å². The molecule has 1 atom stereocenters. The van der Waals surface area contributed by atoms with Crippen LogP contribution in [0, 0.1) is 10.1 Å². The number of anilines is 1. The average Bonchev–Trinajstić information content (AvgIpc) is 2.94. The van der Waals surface area contributed by atoms with Crippen LogP contribution in [0.15, 0.2) is 84.0 Å². The molecule has 3 aromatic rings. The molecule has 198 valence electrons. The highest BCUT2D eigenvalue weighted by Gasteiger charge is 2.22. The quantitative estimate of drug-likeness (QED) is 0.188. The Morgan fingerprint density at radius 3 is 2.26 bits per heavy atom. The van der Waals surface area contributed by atoms with Gasteiger partial charge < -0.3 is 10.2 Å². The zero-order chi connectivity index (χ0) is 27.3. The van der Waals surface area contributed by atoms with Crippen molar-refractivity contribution in [2.75, 3.05) is 23.7 Å². The Balaban J connectivity index is 1.65. The van der Waals surface area contributed by atoms with Gasteiger partial charge in [-0.1, -0.05) is 42.5 Å². The second-order valence-electron chi connectivity index (χ2n) is 8.33. The van der Waals surface area contributed by atoms with Gasteiger partial charge in [-0.2, -0.15) is 16.9 Å². The van der Waals surface area contributed by atoms with Crippen molar-refractivity contribution in [3.05, 3.63) is 106 Å². The fraction of sp³-hybridized carbons (Fsp3) is 0.250. The number of nitro groups is 1. The normalized spacial score (nSPS) is 11.6. The summed E-state index contributed by atoms with van der Waals surface area (Å²) in [5, 5.41) is 17.7. The van der Waals surface area contributed by atoms with Gasteiger partial charge in [-0.15, -0.1) is 0 Å². The number of rotatable bonds is 13. The molecule has 3 aromatic carbocycles. The summed E-state index contributed by atoms with van der Waals surface area (Å²) in [5.74, 6) is 0.0152. The van der Waals surface area contributed by atoms with Crippen LogP contribution in [0.2, 0.25) is 0 Å². The van der Waals surface area contributed by atoms with Crippen molar-refractivity contribution in [2.24, 2.45) is 5.10 Å². The molecule has 0 radical (unpaired) electrons. The Bertz CT molecular complexity index is 1230. The molecule has 2 N–H and O–H groups in total. The van der Waals surface area contributed by atoms with Gasteiger partial charge in [0.05, 0.1) is 11.1 Å². The molecular weight excluding hydrogens is 502 g/mol. The molecule has 0 bridgehead atoms. The van der Waals surface area contributed by atoms with Crippen LogP contribution in [-0.4, -0.2) is 47.8 Å². The van der Waals surface area contributed by atoms with Crippen molar-refractivity contribution in [1.29, 1.82) is 0 Å². The molecule has 0 fully saturated rings.